The summed E-state index contributed by atoms with van der Waals surface area (Å²) in [6, 6.07) is 6.59. The zero-order valence-corrected chi connectivity index (χ0v) is 16.4. The highest BCUT2D eigenvalue weighted by Gasteiger charge is 2.00. The van der Waals surface area contributed by atoms with Gasteiger partial charge in [0.2, 0.25) is 0 Å². The minimum absolute atomic E-state index is 0.198. The van der Waals surface area contributed by atoms with Gasteiger partial charge >= 0.3 is 0 Å². The predicted molar refractivity (Wildman–Crippen MR) is 105 cm³/mol. The molecule has 25 heavy (non-hydrogen) atoms. The Kier molecular flexibility index (Phi) is 12.1. The lowest BCUT2D eigenvalue weighted by Gasteiger charge is -2.16. The maximum Gasteiger partial charge on any atom is 0.191 e. The Morgan fingerprint density at radius 3 is 2.68 bits per heavy atom. The molecule has 1 rings (SSSR count). The molecule has 0 saturated carbocycles. The number of thioether (sulfide) groups is 1. The number of benzene rings is 1. The number of halogens is 1. The number of hydrogen-bond donors (Lipinski definition) is 2. The van der Waals surface area contributed by atoms with E-state index >= 15 is 0 Å². The molecule has 5 nitrogen and oxygen atoms in total. The van der Waals surface area contributed by atoms with E-state index in [1.54, 1.807) is 31.0 Å². The quantitative estimate of drug-likeness (QED) is 0.256. The van der Waals surface area contributed by atoms with E-state index in [0.717, 1.165) is 62.4 Å². The molecular weight excluding hydrogens is 339 g/mol. The van der Waals surface area contributed by atoms with Crippen LogP contribution in [0, 0.1) is 5.82 Å². The van der Waals surface area contributed by atoms with Gasteiger partial charge in [0, 0.05) is 50.5 Å². The smallest absolute Gasteiger partial charge is 0.191 e. The molecule has 1 aromatic carbocycles. The Balaban J connectivity index is 2.24. The summed E-state index contributed by atoms with van der Waals surface area (Å²) in [5.74, 6) is 1.54. The molecule has 2 N–H and O–H groups in total. The van der Waals surface area contributed by atoms with Crippen LogP contribution in [0.4, 0.5) is 4.39 Å². The van der Waals surface area contributed by atoms with Gasteiger partial charge in [0.25, 0.3) is 0 Å². The van der Waals surface area contributed by atoms with Crippen molar-refractivity contribution in [1.82, 2.24) is 15.5 Å². The van der Waals surface area contributed by atoms with Gasteiger partial charge in [0.15, 0.2) is 5.96 Å². The molecule has 0 fully saturated rings. The summed E-state index contributed by atoms with van der Waals surface area (Å²) in [4.78, 5) is 7.93. The first-order chi connectivity index (χ1) is 12.2. The highest BCUT2D eigenvalue weighted by atomic mass is 32.2. The Morgan fingerprint density at radius 1 is 1.24 bits per heavy atom. The first-order valence-corrected chi connectivity index (χ1v) is 9.72. The molecule has 1 aromatic rings. The van der Waals surface area contributed by atoms with Crippen LogP contribution < -0.4 is 10.6 Å². The number of ether oxygens (including phenoxy) is 1. The molecular formula is C18H31FN4OS. The topological polar surface area (TPSA) is 48.9 Å². The van der Waals surface area contributed by atoms with E-state index in [9.17, 15) is 4.39 Å². The average Bonchev–Trinajstić information content (AvgIpc) is 2.60. The van der Waals surface area contributed by atoms with Crippen molar-refractivity contribution in [3.05, 3.63) is 30.1 Å². The van der Waals surface area contributed by atoms with Crippen LogP contribution in [-0.2, 0) is 4.74 Å². The molecule has 0 amide bonds. The molecule has 7 heteroatoms. The largest absolute Gasteiger partial charge is 0.385 e. The second-order valence-corrected chi connectivity index (χ2v) is 6.81. The van der Waals surface area contributed by atoms with Crippen LogP contribution in [0.1, 0.15) is 13.3 Å². The predicted octanol–water partition coefficient (Wildman–Crippen LogP) is 2.44. The molecule has 0 aromatic heterocycles. The maximum atomic E-state index is 12.9. The number of aliphatic imine (C=N–C) groups is 1. The van der Waals surface area contributed by atoms with Crippen molar-refractivity contribution in [3.8, 4) is 0 Å². The van der Waals surface area contributed by atoms with Gasteiger partial charge in [-0.25, -0.2) is 4.39 Å². The van der Waals surface area contributed by atoms with E-state index in [4.69, 9.17) is 4.74 Å². The zero-order chi connectivity index (χ0) is 18.3. The fourth-order valence-corrected chi connectivity index (χ4v) is 2.90. The van der Waals surface area contributed by atoms with Crippen LogP contribution in [0.3, 0.4) is 0 Å². The normalized spacial score (nSPS) is 11.8. The van der Waals surface area contributed by atoms with Gasteiger partial charge in [-0.1, -0.05) is 0 Å². The SMILES string of the molecule is CCNC(=NCCN(C)CCCOC)NCCSc1ccc(F)cc1. The molecule has 0 aliphatic rings. The van der Waals surface area contributed by atoms with Gasteiger partial charge in [-0.2, -0.15) is 0 Å². The van der Waals surface area contributed by atoms with Crippen LogP contribution in [0.15, 0.2) is 34.2 Å². The Morgan fingerprint density at radius 2 is 2.00 bits per heavy atom. The van der Waals surface area contributed by atoms with Crippen molar-refractivity contribution < 1.29 is 9.13 Å². The van der Waals surface area contributed by atoms with E-state index in [1.807, 2.05) is 0 Å². The Hall–Kier alpha value is -1.31. The van der Waals surface area contributed by atoms with Crippen LogP contribution in [-0.4, -0.2) is 70.1 Å². The molecule has 0 radical (unpaired) electrons. The third kappa shape index (κ3) is 11.0. The van der Waals surface area contributed by atoms with E-state index in [-0.39, 0.29) is 5.82 Å². The molecule has 0 aliphatic heterocycles. The van der Waals surface area contributed by atoms with E-state index in [0.29, 0.717) is 0 Å². The van der Waals surface area contributed by atoms with Gasteiger partial charge in [0.05, 0.1) is 6.54 Å². The minimum atomic E-state index is -0.198. The number of methoxy groups -OCH3 is 1. The standard InChI is InChI=1S/C18H31FN4OS/c1-4-20-18(21-10-13-23(2)12-5-14-24-3)22-11-15-25-17-8-6-16(19)7-9-17/h6-9H,4-5,10-15H2,1-3H3,(H2,20,21,22). The van der Waals surface area contributed by atoms with E-state index in [2.05, 4.69) is 34.5 Å². The van der Waals surface area contributed by atoms with Crippen molar-refractivity contribution in [3.63, 3.8) is 0 Å². The van der Waals surface area contributed by atoms with Crippen LogP contribution in [0.25, 0.3) is 0 Å². The van der Waals surface area contributed by atoms with Crippen LogP contribution in [0.5, 0.6) is 0 Å². The van der Waals surface area contributed by atoms with Crippen molar-refractivity contribution in [1.29, 1.82) is 0 Å². The van der Waals surface area contributed by atoms with Gasteiger partial charge in [-0.3, -0.25) is 4.99 Å². The monoisotopic (exact) mass is 370 g/mol. The summed E-state index contributed by atoms with van der Waals surface area (Å²) in [6.07, 6.45) is 1.04. The number of guanidine groups is 1. The average molecular weight is 371 g/mol. The van der Waals surface area contributed by atoms with Crippen molar-refractivity contribution in [2.45, 2.75) is 18.2 Å². The first-order valence-electron chi connectivity index (χ1n) is 8.73. The molecule has 0 spiro atoms. The third-order valence-corrected chi connectivity index (χ3v) is 4.47. The first kappa shape index (κ1) is 21.7. The lowest BCUT2D eigenvalue weighted by molar-refractivity contribution is 0.180. The minimum Gasteiger partial charge on any atom is -0.385 e. The second kappa shape index (κ2) is 13.9. The molecule has 0 unspecified atom stereocenters. The maximum absolute atomic E-state index is 12.9. The summed E-state index contributed by atoms with van der Waals surface area (Å²) < 4.78 is 17.9. The number of hydrogen-bond acceptors (Lipinski definition) is 4. The molecule has 0 saturated heterocycles. The molecule has 0 bridgehead atoms. The summed E-state index contributed by atoms with van der Waals surface area (Å²) in [6.45, 7) is 7.18. The number of likely N-dealkylation sites (N-methyl/N-ethyl adjacent to an activating group) is 1. The lowest BCUT2D eigenvalue weighted by Crippen LogP contribution is -2.39. The number of nitrogens with zero attached hydrogens (tertiary/aromatic N) is 2. The fourth-order valence-electron chi connectivity index (χ4n) is 2.13. The summed E-state index contributed by atoms with van der Waals surface area (Å²) >= 11 is 1.70. The van der Waals surface area contributed by atoms with E-state index < -0.39 is 0 Å². The van der Waals surface area contributed by atoms with Gasteiger partial charge < -0.3 is 20.3 Å². The fraction of sp³-hybridized carbons (Fsp3) is 0.611. The van der Waals surface area contributed by atoms with E-state index in [1.165, 1.54) is 12.1 Å². The molecule has 142 valence electrons. The van der Waals surface area contributed by atoms with Crippen molar-refractivity contribution in [2.75, 3.05) is 59.2 Å². The summed E-state index contributed by atoms with van der Waals surface area (Å²) in [7, 11) is 3.83. The Labute approximate surface area is 155 Å². The van der Waals surface area contributed by atoms with Crippen molar-refractivity contribution in [2.24, 2.45) is 4.99 Å². The van der Waals surface area contributed by atoms with Crippen LogP contribution in [0.2, 0.25) is 0 Å². The molecule has 0 heterocycles. The highest BCUT2D eigenvalue weighted by molar-refractivity contribution is 7.99. The van der Waals surface area contributed by atoms with Crippen molar-refractivity contribution >= 4 is 17.7 Å². The summed E-state index contributed by atoms with van der Waals surface area (Å²) in [5.41, 5.74) is 0. The van der Waals surface area contributed by atoms with Gasteiger partial charge in [-0.05, 0) is 44.7 Å². The lowest BCUT2D eigenvalue weighted by atomic mass is 10.4. The van der Waals surface area contributed by atoms with Gasteiger partial charge in [0.1, 0.15) is 5.82 Å². The number of rotatable bonds is 12. The highest BCUT2D eigenvalue weighted by Crippen LogP contribution is 2.17. The second-order valence-electron chi connectivity index (χ2n) is 5.64. The Bertz CT molecular complexity index is 484. The number of nitrogens with one attached hydrogen (secondary N) is 2. The van der Waals surface area contributed by atoms with Crippen LogP contribution >= 0.6 is 11.8 Å². The third-order valence-electron chi connectivity index (χ3n) is 3.46. The molecule has 0 aliphatic carbocycles. The molecule has 0 atom stereocenters. The summed E-state index contributed by atoms with van der Waals surface area (Å²) in [5, 5.41) is 6.59. The zero-order valence-electron chi connectivity index (χ0n) is 15.6. The van der Waals surface area contributed by atoms with Gasteiger partial charge in [-0.15, -0.1) is 11.8 Å².